The van der Waals surface area contributed by atoms with E-state index in [0.29, 0.717) is 24.9 Å². The van der Waals surface area contributed by atoms with Crippen molar-refractivity contribution in [2.45, 2.75) is 11.9 Å². The molecule has 0 amide bonds. The van der Waals surface area contributed by atoms with Crippen molar-refractivity contribution in [3.05, 3.63) is 91.8 Å². The van der Waals surface area contributed by atoms with Gasteiger partial charge in [-0.15, -0.1) is 5.10 Å². The predicted molar refractivity (Wildman–Crippen MR) is 115 cm³/mol. The van der Waals surface area contributed by atoms with Crippen molar-refractivity contribution in [1.82, 2.24) is 18.3 Å². The highest BCUT2D eigenvalue weighted by Gasteiger charge is 2.35. The van der Waals surface area contributed by atoms with E-state index in [1.54, 1.807) is 30.3 Å². The molecule has 33 heavy (non-hydrogen) atoms. The van der Waals surface area contributed by atoms with Gasteiger partial charge in [0.25, 0.3) is 15.6 Å². The Bertz CT molecular complexity index is 1610. The van der Waals surface area contributed by atoms with Crippen LogP contribution in [0.4, 0.5) is 13.2 Å². The third-order valence-electron chi connectivity index (χ3n) is 4.91. The topological polar surface area (TPSA) is 96.0 Å². The molecular formula is C20H14ClF3N4O4S. The van der Waals surface area contributed by atoms with Gasteiger partial charge < -0.3 is 0 Å². The fraction of sp³-hybridized carbons (Fsp3) is 0.150. The molecule has 4 aromatic rings. The molecule has 0 saturated heterocycles. The van der Waals surface area contributed by atoms with Crippen LogP contribution in [0.15, 0.2) is 64.2 Å². The van der Waals surface area contributed by atoms with Crippen LogP contribution in [-0.4, -0.2) is 26.7 Å². The third-order valence-corrected chi connectivity index (χ3v) is 6.70. The van der Waals surface area contributed by atoms with Gasteiger partial charge in [-0.1, -0.05) is 41.9 Å². The average molecular weight is 499 g/mol. The van der Waals surface area contributed by atoms with Gasteiger partial charge in [-0.2, -0.15) is 17.3 Å². The average Bonchev–Trinajstić information content (AvgIpc) is 3.07. The summed E-state index contributed by atoms with van der Waals surface area (Å²) in [6.45, 7) is 0. The highest BCUT2D eigenvalue weighted by molar-refractivity contribution is 7.89. The van der Waals surface area contributed by atoms with Crippen LogP contribution in [0, 0.1) is 0 Å². The molecular weight excluding hydrogens is 485 g/mol. The van der Waals surface area contributed by atoms with E-state index in [-0.39, 0.29) is 21.7 Å². The lowest BCUT2D eigenvalue weighted by Gasteiger charge is -2.14. The summed E-state index contributed by atoms with van der Waals surface area (Å²) in [6, 6.07) is 12.3. The Morgan fingerprint density at radius 1 is 1.03 bits per heavy atom. The fourth-order valence-electron chi connectivity index (χ4n) is 3.37. The number of aromatic nitrogens is 4. The number of benzene rings is 2. The first-order valence-corrected chi connectivity index (χ1v) is 11.2. The smallest absolute Gasteiger partial charge is 0.292 e. The van der Waals surface area contributed by atoms with Crippen LogP contribution in [-0.2, 0) is 29.0 Å². The number of nitrogens with zero attached hydrogens (tertiary/aromatic N) is 4. The second kappa shape index (κ2) is 7.89. The van der Waals surface area contributed by atoms with Gasteiger partial charge in [-0.3, -0.25) is 9.36 Å². The van der Waals surface area contributed by atoms with Gasteiger partial charge in [-0.25, -0.2) is 17.8 Å². The lowest BCUT2D eigenvalue weighted by Crippen LogP contribution is -2.40. The lowest BCUT2D eigenvalue weighted by molar-refractivity contribution is -0.144. The van der Waals surface area contributed by atoms with E-state index in [4.69, 9.17) is 11.6 Å². The minimum Gasteiger partial charge on any atom is -0.292 e. The predicted octanol–water partition coefficient (Wildman–Crippen LogP) is 2.94. The Balaban J connectivity index is 1.91. The van der Waals surface area contributed by atoms with E-state index in [9.17, 15) is 31.2 Å². The molecule has 0 spiro atoms. The van der Waals surface area contributed by atoms with E-state index in [1.807, 2.05) is 0 Å². The molecule has 0 saturated carbocycles. The number of hydrogen-bond donors (Lipinski definition) is 0. The molecule has 0 fully saturated rings. The van der Waals surface area contributed by atoms with Gasteiger partial charge in [-0.05, 0) is 23.8 Å². The molecule has 2 heterocycles. The van der Waals surface area contributed by atoms with Crippen LogP contribution in [0.2, 0.25) is 5.15 Å². The molecule has 0 bridgehead atoms. The largest absolute Gasteiger partial charge is 0.431 e. The van der Waals surface area contributed by atoms with Gasteiger partial charge >= 0.3 is 11.9 Å². The van der Waals surface area contributed by atoms with Crippen molar-refractivity contribution >= 4 is 32.5 Å². The Morgan fingerprint density at radius 3 is 2.33 bits per heavy atom. The van der Waals surface area contributed by atoms with Crippen molar-refractivity contribution < 1.29 is 21.6 Å². The Kier molecular flexibility index (Phi) is 5.45. The molecule has 0 unspecified atom stereocenters. The standard InChI is InChI=1S/C20H14ClF3N4O4S/c1-26-16(20(22,23)24)10-17(29)27(19(26)30)13-7-8-14-15(9-13)28(25-18(14)21)33(31,32)11-12-5-3-2-4-6-12/h2-10H,11H2,1H3. The number of hydrogen-bond acceptors (Lipinski definition) is 5. The molecule has 0 atom stereocenters. The summed E-state index contributed by atoms with van der Waals surface area (Å²) in [5.41, 5.74) is -3.58. The Morgan fingerprint density at radius 2 is 1.70 bits per heavy atom. The van der Waals surface area contributed by atoms with Crippen molar-refractivity contribution in [3.63, 3.8) is 0 Å². The molecule has 0 radical (unpaired) electrons. The summed E-state index contributed by atoms with van der Waals surface area (Å²) in [7, 11) is -3.19. The second-order valence-electron chi connectivity index (χ2n) is 7.12. The maximum Gasteiger partial charge on any atom is 0.431 e. The number of fused-ring (bicyclic) bond motifs is 1. The van der Waals surface area contributed by atoms with E-state index >= 15 is 0 Å². The number of alkyl halides is 3. The maximum atomic E-state index is 13.1. The number of rotatable bonds is 4. The van der Waals surface area contributed by atoms with Crippen LogP contribution < -0.4 is 11.2 Å². The zero-order valence-electron chi connectivity index (χ0n) is 16.7. The monoisotopic (exact) mass is 498 g/mol. The normalized spacial score (nSPS) is 12.4. The maximum absolute atomic E-state index is 13.1. The zero-order valence-corrected chi connectivity index (χ0v) is 18.3. The molecule has 8 nitrogen and oxygen atoms in total. The summed E-state index contributed by atoms with van der Waals surface area (Å²) < 4.78 is 66.8. The minimum absolute atomic E-state index is 0.0396. The zero-order chi connectivity index (χ0) is 24.1. The van der Waals surface area contributed by atoms with Gasteiger partial charge in [0.1, 0.15) is 5.69 Å². The molecule has 13 heteroatoms. The van der Waals surface area contributed by atoms with Gasteiger partial charge in [0.05, 0.1) is 17.0 Å². The molecule has 2 aromatic heterocycles. The summed E-state index contributed by atoms with van der Waals surface area (Å²) in [6.07, 6.45) is -4.91. The quantitative estimate of drug-likeness (QED) is 0.431. The summed E-state index contributed by atoms with van der Waals surface area (Å²) in [5.74, 6) is -0.410. The van der Waals surface area contributed by atoms with E-state index < -0.39 is 38.9 Å². The summed E-state index contributed by atoms with van der Waals surface area (Å²) >= 11 is 6.09. The van der Waals surface area contributed by atoms with E-state index in [2.05, 4.69) is 5.10 Å². The molecule has 172 valence electrons. The summed E-state index contributed by atoms with van der Waals surface area (Å²) in [5, 5.41) is 3.95. The molecule has 0 N–H and O–H groups in total. The number of halogens is 4. The van der Waals surface area contributed by atoms with Crippen LogP contribution in [0.3, 0.4) is 0 Å². The van der Waals surface area contributed by atoms with Crippen molar-refractivity contribution in [3.8, 4) is 5.69 Å². The van der Waals surface area contributed by atoms with E-state index in [0.717, 1.165) is 13.1 Å². The SMILES string of the molecule is Cn1c(C(F)(F)F)cc(=O)n(-c2ccc3c(Cl)nn(S(=O)(=O)Cc4ccccc4)c3c2)c1=O. The first-order chi connectivity index (χ1) is 15.4. The molecule has 0 aliphatic carbocycles. The van der Waals surface area contributed by atoms with Gasteiger partial charge in [0.15, 0.2) is 5.15 Å². The first kappa shape index (κ1) is 22.8. The van der Waals surface area contributed by atoms with Crippen LogP contribution >= 0.6 is 11.6 Å². The van der Waals surface area contributed by atoms with Crippen LogP contribution in [0.25, 0.3) is 16.6 Å². The highest BCUT2D eigenvalue weighted by Crippen LogP contribution is 2.28. The second-order valence-corrected chi connectivity index (χ2v) is 9.28. The fourth-order valence-corrected chi connectivity index (χ4v) is 5.05. The third kappa shape index (κ3) is 4.07. The summed E-state index contributed by atoms with van der Waals surface area (Å²) in [4.78, 5) is 25.0. The lowest BCUT2D eigenvalue weighted by atomic mass is 10.2. The van der Waals surface area contributed by atoms with Crippen LogP contribution in [0.5, 0.6) is 0 Å². The molecule has 4 rings (SSSR count). The van der Waals surface area contributed by atoms with Crippen molar-refractivity contribution in [2.24, 2.45) is 7.05 Å². The van der Waals surface area contributed by atoms with Crippen molar-refractivity contribution in [2.75, 3.05) is 0 Å². The van der Waals surface area contributed by atoms with Crippen molar-refractivity contribution in [1.29, 1.82) is 0 Å². The molecule has 0 aliphatic rings. The van der Waals surface area contributed by atoms with E-state index in [1.165, 1.54) is 12.1 Å². The Hall–Kier alpha value is -3.38. The molecule has 0 aliphatic heterocycles. The minimum atomic E-state index is -4.91. The molecule has 2 aromatic carbocycles. The highest BCUT2D eigenvalue weighted by atomic mass is 35.5. The van der Waals surface area contributed by atoms with Crippen LogP contribution in [0.1, 0.15) is 11.3 Å². The van der Waals surface area contributed by atoms with Gasteiger partial charge in [0.2, 0.25) is 0 Å². The Labute approximate surface area is 189 Å². The van der Waals surface area contributed by atoms with Gasteiger partial charge in [0, 0.05) is 18.5 Å². The first-order valence-electron chi connectivity index (χ1n) is 9.26.